The highest BCUT2D eigenvalue weighted by Crippen LogP contribution is 2.39. The van der Waals surface area contributed by atoms with Crippen LogP contribution >= 0.6 is 0 Å². The lowest BCUT2D eigenvalue weighted by Gasteiger charge is -2.36. The van der Waals surface area contributed by atoms with Crippen LogP contribution in [0, 0.1) is 17.8 Å². The van der Waals surface area contributed by atoms with Gasteiger partial charge in [0.05, 0.1) is 6.54 Å². The second-order valence-electron chi connectivity index (χ2n) is 5.90. The molecular weight excluding hydrogens is 244 g/mol. The molecular formula is C14H22N2O3. The number of nitrogens with one attached hydrogen (secondary N) is 1. The molecule has 0 spiro atoms. The molecule has 0 heterocycles. The Balaban J connectivity index is 1.87. The van der Waals surface area contributed by atoms with Crippen LogP contribution in [0.25, 0.3) is 0 Å². The summed E-state index contributed by atoms with van der Waals surface area (Å²) in [7, 11) is 3.33. The summed E-state index contributed by atoms with van der Waals surface area (Å²) in [5.74, 6) is 0.239. The molecule has 19 heavy (non-hydrogen) atoms. The molecule has 5 nitrogen and oxygen atoms in total. The maximum atomic E-state index is 12.1. The minimum atomic E-state index is -0.111. The molecule has 0 radical (unpaired) electrons. The first-order valence-electron chi connectivity index (χ1n) is 7.00. The number of Topliss-reactive ketones (excluding diaryl/α,β-unsaturated/α-hetero) is 1. The van der Waals surface area contributed by atoms with E-state index in [2.05, 4.69) is 5.32 Å². The van der Waals surface area contributed by atoms with Gasteiger partial charge in [-0.05, 0) is 25.7 Å². The topological polar surface area (TPSA) is 66.5 Å². The van der Waals surface area contributed by atoms with Crippen LogP contribution in [0.5, 0.6) is 0 Å². The van der Waals surface area contributed by atoms with Crippen molar-refractivity contribution < 1.29 is 14.4 Å². The summed E-state index contributed by atoms with van der Waals surface area (Å²) in [6, 6.07) is 0. The van der Waals surface area contributed by atoms with Crippen LogP contribution in [0.3, 0.4) is 0 Å². The molecule has 2 rings (SSSR count). The van der Waals surface area contributed by atoms with E-state index in [1.165, 1.54) is 4.90 Å². The predicted octanol–water partition coefficient (Wildman–Crippen LogP) is 0.586. The molecule has 5 heteroatoms. The summed E-state index contributed by atoms with van der Waals surface area (Å²) in [4.78, 5) is 36.9. The lowest BCUT2D eigenvalue weighted by atomic mass is 9.67. The van der Waals surface area contributed by atoms with E-state index in [-0.39, 0.29) is 36.1 Å². The molecule has 0 saturated heterocycles. The van der Waals surface area contributed by atoms with Crippen LogP contribution in [-0.2, 0) is 14.4 Å². The Bertz CT molecular complexity index is 376. The van der Waals surface area contributed by atoms with Gasteiger partial charge in [0.2, 0.25) is 11.8 Å². The number of hydrogen-bond acceptors (Lipinski definition) is 3. The van der Waals surface area contributed by atoms with Crippen molar-refractivity contribution in [1.82, 2.24) is 10.2 Å². The summed E-state index contributed by atoms with van der Waals surface area (Å²) in [6.07, 6.45) is 4.29. The maximum absolute atomic E-state index is 12.1. The number of ketones is 1. The molecule has 2 unspecified atom stereocenters. The summed E-state index contributed by atoms with van der Waals surface area (Å²) < 4.78 is 0. The van der Waals surface area contributed by atoms with Crippen molar-refractivity contribution in [2.45, 2.75) is 32.1 Å². The van der Waals surface area contributed by atoms with Crippen molar-refractivity contribution in [3.8, 4) is 0 Å². The fraction of sp³-hybridized carbons (Fsp3) is 0.786. The molecule has 2 atom stereocenters. The minimum Gasteiger partial charge on any atom is -0.347 e. The van der Waals surface area contributed by atoms with Crippen molar-refractivity contribution in [3.05, 3.63) is 0 Å². The van der Waals surface area contributed by atoms with E-state index in [1.54, 1.807) is 14.1 Å². The number of nitrogens with zero attached hydrogens (tertiary/aromatic N) is 1. The fourth-order valence-corrected chi connectivity index (χ4v) is 3.16. The number of amides is 2. The SMILES string of the molecule is CN(C)C(=O)CNC(=O)C1CC2CCCC(C1)C2=O. The largest absolute Gasteiger partial charge is 0.347 e. The van der Waals surface area contributed by atoms with Gasteiger partial charge in [0.1, 0.15) is 5.78 Å². The van der Waals surface area contributed by atoms with Crippen molar-refractivity contribution in [3.63, 3.8) is 0 Å². The molecule has 0 aromatic rings. The van der Waals surface area contributed by atoms with Crippen LogP contribution in [0.1, 0.15) is 32.1 Å². The van der Waals surface area contributed by atoms with Gasteiger partial charge in [-0.25, -0.2) is 0 Å². The van der Waals surface area contributed by atoms with E-state index in [1.807, 2.05) is 0 Å². The first-order chi connectivity index (χ1) is 8.99. The highest BCUT2D eigenvalue weighted by atomic mass is 16.2. The third-order valence-corrected chi connectivity index (χ3v) is 4.33. The van der Waals surface area contributed by atoms with Crippen LogP contribution in [0.15, 0.2) is 0 Å². The zero-order chi connectivity index (χ0) is 14.0. The molecule has 2 amide bonds. The standard InChI is InChI=1S/C14H22N2O3/c1-16(2)12(17)8-15-14(19)11-6-9-4-3-5-10(7-11)13(9)18/h9-11H,3-8H2,1-2H3,(H,15,19). The Hall–Kier alpha value is -1.39. The van der Waals surface area contributed by atoms with E-state index in [0.29, 0.717) is 18.6 Å². The van der Waals surface area contributed by atoms with E-state index in [0.717, 1.165) is 19.3 Å². The monoisotopic (exact) mass is 266 g/mol. The van der Waals surface area contributed by atoms with Gasteiger partial charge < -0.3 is 10.2 Å². The number of fused-ring (bicyclic) bond motifs is 2. The summed E-state index contributed by atoms with van der Waals surface area (Å²) in [6.45, 7) is 0.0472. The van der Waals surface area contributed by atoms with Crippen molar-refractivity contribution in [2.24, 2.45) is 17.8 Å². The van der Waals surface area contributed by atoms with Gasteiger partial charge in [-0.3, -0.25) is 14.4 Å². The first-order valence-corrected chi connectivity index (χ1v) is 7.00. The smallest absolute Gasteiger partial charge is 0.241 e. The van der Waals surface area contributed by atoms with Gasteiger partial charge >= 0.3 is 0 Å². The minimum absolute atomic E-state index is 0.0472. The number of carbonyl (C=O) groups excluding carboxylic acids is 3. The normalized spacial score (nSPS) is 29.8. The van der Waals surface area contributed by atoms with Crippen molar-refractivity contribution in [2.75, 3.05) is 20.6 Å². The number of likely N-dealkylation sites (N-methyl/N-ethyl adjacent to an activating group) is 1. The lowest BCUT2D eigenvalue weighted by Crippen LogP contribution is -2.44. The number of rotatable bonds is 3. The van der Waals surface area contributed by atoms with Gasteiger partial charge in [0.15, 0.2) is 0 Å². The Morgan fingerprint density at radius 1 is 1.21 bits per heavy atom. The first kappa shape index (κ1) is 14.0. The Labute approximate surface area is 113 Å². The van der Waals surface area contributed by atoms with E-state index in [9.17, 15) is 14.4 Å². The molecule has 0 aromatic carbocycles. The second-order valence-corrected chi connectivity index (χ2v) is 5.90. The Morgan fingerprint density at radius 3 is 2.32 bits per heavy atom. The molecule has 2 aliphatic carbocycles. The van der Waals surface area contributed by atoms with Gasteiger partial charge in [0, 0.05) is 31.8 Å². The zero-order valence-corrected chi connectivity index (χ0v) is 11.6. The molecule has 106 valence electrons. The summed E-state index contributed by atoms with van der Waals surface area (Å²) >= 11 is 0. The second kappa shape index (κ2) is 5.72. The van der Waals surface area contributed by atoms with Crippen LogP contribution in [-0.4, -0.2) is 43.1 Å². The molecule has 2 saturated carbocycles. The average molecular weight is 266 g/mol. The van der Waals surface area contributed by atoms with Crippen LogP contribution < -0.4 is 5.32 Å². The molecule has 0 aliphatic heterocycles. The number of carbonyl (C=O) groups is 3. The third kappa shape index (κ3) is 3.14. The molecule has 2 fully saturated rings. The predicted molar refractivity (Wildman–Crippen MR) is 70.3 cm³/mol. The lowest BCUT2D eigenvalue weighted by molar-refractivity contribution is -0.139. The fourth-order valence-electron chi connectivity index (χ4n) is 3.16. The third-order valence-electron chi connectivity index (χ3n) is 4.33. The van der Waals surface area contributed by atoms with E-state index < -0.39 is 0 Å². The summed E-state index contributed by atoms with van der Waals surface area (Å²) in [5, 5.41) is 2.70. The Kier molecular flexibility index (Phi) is 4.22. The van der Waals surface area contributed by atoms with E-state index >= 15 is 0 Å². The highest BCUT2D eigenvalue weighted by molar-refractivity contribution is 5.90. The quantitative estimate of drug-likeness (QED) is 0.813. The zero-order valence-electron chi connectivity index (χ0n) is 11.6. The van der Waals surface area contributed by atoms with Crippen LogP contribution in [0.4, 0.5) is 0 Å². The molecule has 2 bridgehead atoms. The maximum Gasteiger partial charge on any atom is 0.241 e. The van der Waals surface area contributed by atoms with Gasteiger partial charge in [0.25, 0.3) is 0 Å². The van der Waals surface area contributed by atoms with Gasteiger partial charge in [-0.15, -0.1) is 0 Å². The van der Waals surface area contributed by atoms with Crippen LogP contribution in [0.2, 0.25) is 0 Å². The molecule has 2 aliphatic rings. The van der Waals surface area contributed by atoms with E-state index in [4.69, 9.17) is 0 Å². The number of hydrogen-bond donors (Lipinski definition) is 1. The van der Waals surface area contributed by atoms with Crippen molar-refractivity contribution in [1.29, 1.82) is 0 Å². The molecule has 0 aromatic heterocycles. The summed E-state index contributed by atoms with van der Waals surface area (Å²) in [5.41, 5.74) is 0. The van der Waals surface area contributed by atoms with Gasteiger partial charge in [-0.2, -0.15) is 0 Å². The van der Waals surface area contributed by atoms with Crippen molar-refractivity contribution >= 4 is 17.6 Å². The highest BCUT2D eigenvalue weighted by Gasteiger charge is 2.41. The van der Waals surface area contributed by atoms with Gasteiger partial charge in [-0.1, -0.05) is 6.42 Å². The molecule has 1 N–H and O–H groups in total. The Morgan fingerprint density at radius 2 is 1.79 bits per heavy atom. The average Bonchev–Trinajstić information content (AvgIpc) is 2.34.